The summed E-state index contributed by atoms with van der Waals surface area (Å²) in [4.78, 5) is 12.8. The van der Waals surface area contributed by atoms with Gasteiger partial charge in [-0.3, -0.25) is 0 Å². The molecule has 0 saturated heterocycles. The minimum Gasteiger partial charge on any atom is -0.465 e. The molecule has 0 aromatic heterocycles. The van der Waals surface area contributed by atoms with Crippen molar-refractivity contribution in [2.45, 2.75) is 45.4 Å². The molecule has 0 aromatic carbocycles. The average Bonchev–Trinajstić information content (AvgIpc) is 2.23. The van der Waals surface area contributed by atoms with Crippen molar-refractivity contribution in [1.82, 2.24) is 4.90 Å². The van der Waals surface area contributed by atoms with Gasteiger partial charge in [-0.1, -0.05) is 0 Å². The van der Waals surface area contributed by atoms with E-state index in [0.717, 1.165) is 24.3 Å². The SMILES string of the molecule is CCN(CC12CC3CC(CC(C3)C1)C2)C(=O)O. The van der Waals surface area contributed by atoms with E-state index < -0.39 is 6.09 Å². The van der Waals surface area contributed by atoms with Crippen LogP contribution in [0, 0.1) is 23.2 Å². The number of hydrogen-bond acceptors (Lipinski definition) is 1. The van der Waals surface area contributed by atoms with Crippen molar-refractivity contribution >= 4 is 6.09 Å². The van der Waals surface area contributed by atoms with Gasteiger partial charge in [0.25, 0.3) is 0 Å². The average molecular weight is 237 g/mol. The van der Waals surface area contributed by atoms with Crippen LogP contribution in [-0.4, -0.2) is 29.2 Å². The van der Waals surface area contributed by atoms with Crippen molar-refractivity contribution in [2.24, 2.45) is 23.2 Å². The fraction of sp³-hybridized carbons (Fsp3) is 0.929. The highest BCUT2D eigenvalue weighted by atomic mass is 16.4. The van der Waals surface area contributed by atoms with Crippen molar-refractivity contribution in [1.29, 1.82) is 0 Å². The maximum atomic E-state index is 11.2. The predicted octanol–water partition coefficient (Wildman–Crippen LogP) is 3.20. The molecule has 4 saturated carbocycles. The minimum absolute atomic E-state index is 0.350. The van der Waals surface area contributed by atoms with Crippen LogP contribution in [-0.2, 0) is 0 Å². The van der Waals surface area contributed by atoms with Crippen LogP contribution in [0.2, 0.25) is 0 Å². The van der Waals surface area contributed by atoms with E-state index in [2.05, 4.69) is 0 Å². The molecule has 0 spiro atoms. The van der Waals surface area contributed by atoms with E-state index in [4.69, 9.17) is 0 Å². The molecule has 0 unspecified atom stereocenters. The second kappa shape index (κ2) is 3.89. The van der Waals surface area contributed by atoms with Gasteiger partial charge in [-0.05, 0) is 68.6 Å². The van der Waals surface area contributed by atoms with Gasteiger partial charge in [0.2, 0.25) is 0 Å². The Balaban J connectivity index is 1.75. The standard InChI is InChI=1S/C14H23NO2/c1-2-15(13(16)17)9-14-6-10-3-11(7-14)5-12(4-10)8-14/h10-12H,2-9H2,1H3,(H,16,17). The Bertz CT molecular complexity index is 291. The smallest absolute Gasteiger partial charge is 0.407 e. The Morgan fingerprint density at radius 1 is 1.18 bits per heavy atom. The molecular weight excluding hydrogens is 214 g/mol. The first-order valence-corrected chi connectivity index (χ1v) is 7.08. The van der Waals surface area contributed by atoms with Gasteiger partial charge < -0.3 is 10.0 Å². The fourth-order valence-electron chi connectivity index (χ4n) is 5.20. The van der Waals surface area contributed by atoms with Gasteiger partial charge >= 0.3 is 6.09 Å². The Morgan fingerprint density at radius 2 is 1.65 bits per heavy atom. The summed E-state index contributed by atoms with van der Waals surface area (Å²) in [7, 11) is 0. The third kappa shape index (κ3) is 1.94. The van der Waals surface area contributed by atoms with E-state index in [1.807, 2.05) is 6.92 Å². The van der Waals surface area contributed by atoms with E-state index in [1.165, 1.54) is 38.5 Å². The van der Waals surface area contributed by atoms with Gasteiger partial charge in [0, 0.05) is 13.1 Å². The summed E-state index contributed by atoms with van der Waals surface area (Å²) in [5, 5.41) is 9.20. The molecule has 4 fully saturated rings. The van der Waals surface area contributed by atoms with Crippen molar-refractivity contribution in [3.8, 4) is 0 Å². The van der Waals surface area contributed by atoms with E-state index >= 15 is 0 Å². The van der Waals surface area contributed by atoms with Gasteiger partial charge in [0.15, 0.2) is 0 Å². The first-order valence-electron chi connectivity index (χ1n) is 7.08. The molecule has 4 aliphatic carbocycles. The van der Waals surface area contributed by atoms with Crippen LogP contribution in [0.5, 0.6) is 0 Å². The highest BCUT2D eigenvalue weighted by Crippen LogP contribution is 2.60. The molecule has 4 bridgehead atoms. The fourth-order valence-corrected chi connectivity index (χ4v) is 5.20. The molecule has 0 radical (unpaired) electrons. The molecule has 1 amide bonds. The summed E-state index contributed by atoms with van der Waals surface area (Å²) in [6, 6.07) is 0. The molecule has 0 aromatic rings. The number of nitrogens with zero attached hydrogens (tertiary/aromatic N) is 1. The number of amides is 1. The lowest BCUT2D eigenvalue weighted by molar-refractivity contribution is -0.0655. The molecule has 4 aliphatic rings. The van der Waals surface area contributed by atoms with Crippen LogP contribution in [0.25, 0.3) is 0 Å². The van der Waals surface area contributed by atoms with Crippen LogP contribution in [0.3, 0.4) is 0 Å². The van der Waals surface area contributed by atoms with E-state index in [9.17, 15) is 9.90 Å². The van der Waals surface area contributed by atoms with Crippen LogP contribution in [0.4, 0.5) is 4.79 Å². The monoisotopic (exact) mass is 237 g/mol. The highest BCUT2D eigenvalue weighted by molar-refractivity contribution is 5.64. The summed E-state index contributed by atoms with van der Waals surface area (Å²) < 4.78 is 0. The summed E-state index contributed by atoms with van der Waals surface area (Å²) in [5.74, 6) is 2.73. The summed E-state index contributed by atoms with van der Waals surface area (Å²) in [6.45, 7) is 3.38. The molecule has 3 heteroatoms. The molecule has 0 aliphatic heterocycles. The number of rotatable bonds is 3. The molecule has 96 valence electrons. The Labute approximate surface area is 103 Å². The zero-order chi connectivity index (χ0) is 12.0. The number of hydrogen-bond donors (Lipinski definition) is 1. The van der Waals surface area contributed by atoms with Crippen molar-refractivity contribution in [3.05, 3.63) is 0 Å². The maximum Gasteiger partial charge on any atom is 0.407 e. The van der Waals surface area contributed by atoms with Gasteiger partial charge in [-0.25, -0.2) is 4.79 Å². The zero-order valence-electron chi connectivity index (χ0n) is 10.7. The largest absolute Gasteiger partial charge is 0.465 e. The topological polar surface area (TPSA) is 40.5 Å². The summed E-state index contributed by atoms with van der Waals surface area (Å²) in [6.07, 6.45) is 7.44. The lowest BCUT2D eigenvalue weighted by Crippen LogP contribution is -2.52. The molecule has 4 rings (SSSR count). The van der Waals surface area contributed by atoms with Crippen molar-refractivity contribution in [3.63, 3.8) is 0 Å². The van der Waals surface area contributed by atoms with E-state index in [-0.39, 0.29) is 0 Å². The summed E-state index contributed by atoms with van der Waals surface area (Å²) in [5.41, 5.74) is 0.350. The molecule has 1 N–H and O–H groups in total. The quantitative estimate of drug-likeness (QED) is 0.818. The lowest BCUT2D eigenvalue weighted by atomic mass is 9.49. The van der Waals surface area contributed by atoms with Crippen molar-refractivity contribution in [2.75, 3.05) is 13.1 Å². The molecule has 17 heavy (non-hydrogen) atoms. The summed E-state index contributed by atoms with van der Waals surface area (Å²) >= 11 is 0. The molecule has 0 atom stereocenters. The molecule has 0 heterocycles. The van der Waals surface area contributed by atoms with Gasteiger partial charge in [-0.15, -0.1) is 0 Å². The van der Waals surface area contributed by atoms with Crippen LogP contribution < -0.4 is 0 Å². The maximum absolute atomic E-state index is 11.2. The molecular formula is C14H23NO2. The Morgan fingerprint density at radius 3 is 2.00 bits per heavy atom. The predicted molar refractivity (Wildman–Crippen MR) is 65.9 cm³/mol. The first-order chi connectivity index (χ1) is 8.10. The van der Waals surface area contributed by atoms with Crippen LogP contribution >= 0.6 is 0 Å². The van der Waals surface area contributed by atoms with Crippen molar-refractivity contribution < 1.29 is 9.90 Å². The van der Waals surface area contributed by atoms with E-state index in [1.54, 1.807) is 4.90 Å². The molecule has 3 nitrogen and oxygen atoms in total. The third-order valence-electron chi connectivity index (χ3n) is 5.34. The second-order valence-corrected chi connectivity index (χ2v) is 6.71. The number of carboxylic acid groups (broad SMARTS) is 1. The van der Waals surface area contributed by atoms with Crippen LogP contribution in [0.15, 0.2) is 0 Å². The Kier molecular flexibility index (Phi) is 2.60. The first kappa shape index (κ1) is 11.4. The minimum atomic E-state index is -0.733. The van der Waals surface area contributed by atoms with E-state index in [0.29, 0.717) is 12.0 Å². The van der Waals surface area contributed by atoms with Gasteiger partial charge in [0.1, 0.15) is 0 Å². The van der Waals surface area contributed by atoms with Crippen LogP contribution in [0.1, 0.15) is 45.4 Å². The van der Waals surface area contributed by atoms with Gasteiger partial charge in [-0.2, -0.15) is 0 Å². The third-order valence-corrected chi connectivity index (χ3v) is 5.34. The second-order valence-electron chi connectivity index (χ2n) is 6.71. The Hall–Kier alpha value is -0.730. The van der Waals surface area contributed by atoms with Gasteiger partial charge in [0.05, 0.1) is 0 Å². The zero-order valence-corrected chi connectivity index (χ0v) is 10.7. The highest BCUT2D eigenvalue weighted by Gasteiger charge is 2.51. The number of carbonyl (C=O) groups is 1. The lowest BCUT2D eigenvalue weighted by Gasteiger charge is -2.57. The normalized spacial score (nSPS) is 42.8.